The van der Waals surface area contributed by atoms with Crippen LogP contribution in [0.4, 0.5) is 5.69 Å². The van der Waals surface area contributed by atoms with Gasteiger partial charge in [0.15, 0.2) is 11.2 Å². The topological polar surface area (TPSA) is 56.7 Å². The first-order valence-corrected chi connectivity index (χ1v) is 7.35. The van der Waals surface area contributed by atoms with Gasteiger partial charge in [0, 0.05) is 11.3 Å². The summed E-state index contributed by atoms with van der Waals surface area (Å²) in [5.41, 5.74) is 1.98. The maximum atomic E-state index is 12.3. The number of nitrogens with one attached hydrogen (secondary N) is 2. The Hall–Kier alpha value is -1.69. The Morgan fingerprint density at radius 1 is 1.42 bits per heavy atom. The number of carbonyl (C=O) groups excluding carboxylic acids is 1. The first kappa shape index (κ1) is 12.3. The molecule has 6 heteroatoms. The van der Waals surface area contributed by atoms with Crippen LogP contribution in [-0.2, 0) is 4.79 Å². The number of anilines is 1. The van der Waals surface area contributed by atoms with Gasteiger partial charge in [-0.15, -0.1) is 5.10 Å². The monoisotopic (exact) mass is 276 g/mol. The van der Waals surface area contributed by atoms with Gasteiger partial charge in [0.25, 0.3) is 5.91 Å². The lowest BCUT2D eigenvalue weighted by molar-refractivity contribution is -0.127. The molecule has 2 N–H and O–H groups in total. The molecule has 0 radical (unpaired) electrons. The van der Waals surface area contributed by atoms with Crippen molar-refractivity contribution in [3.8, 4) is 0 Å². The summed E-state index contributed by atoms with van der Waals surface area (Å²) in [5, 5.41) is 13.3. The van der Waals surface area contributed by atoms with E-state index in [1.807, 2.05) is 43.1 Å². The van der Waals surface area contributed by atoms with Crippen LogP contribution in [0.15, 0.2) is 29.4 Å². The fourth-order valence-corrected chi connectivity index (χ4v) is 3.03. The third kappa shape index (κ3) is 2.06. The molecule has 5 nitrogen and oxygen atoms in total. The van der Waals surface area contributed by atoms with Crippen LogP contribution in [-0.4, -0.2) is 28.0 Å². The molecule has 0 spiro atoms. The molecular weight excluding hydrogens is 260 g/mol. The van der Waals surface area contributed by atoms with Crippen LogP contribution in [0, 0.1) is 0 Å². The number of hydrogen-bond acceptors (Lipinski definition) is 5. The number of amidine groups is 1. The molecule has 100 valence electrons. The number of benzene rings is 1. The van der Waals surface area contributed by atoms with Crippen molar-refractivity contribution >= 4 is 28.5 Å². The van der Waals surface area contributed by atoms with Crippen LogP contribution in [0.1, 0.15) is 25.5 Å². The van der Waals surface area contributed by atoms with E-state index in [-0.39, 0.29) is 18.1 Å². The molecule has 2 unspecified atom stereocenters. The van der Waals surface area contributed by atoms with Crippen molar-refractivity contribution in [2.24, 2.45) is 5.10 Å². The van der Waals surface area contributed by atoms with Gasteiger partial charge in [0.2, 0.25) is 0 Å². The summed E-state index contributed by atoms with van der Waals surface area (Å²) >= 11 is 1.54. The molecule has 2 aliphatic heterocycles. The summed E-state index contributed by atoms with van der Waals surface area (Å²) in [4.78, 5) is 12.3. The second-order valence-corrected chi connectivity index (χ2v) is 5.77. The molecule has 2 atom stereocenters. The average molecular weight is 276 g/mol. The number of nitrogens with zero attached hydrogens (tertiary/aromatic N) is 2. The molecule has 0 saturated carbocycles. The fourth-order valence-electron chi connectivity index (χ4n) is 2.44. The van der Waals surface area contributed by atoms with Crippen molar-refractivity contribution in [2.45, 2.75) is 26.1 Å². The van der Waals surface area contributed by atoms with Crippen molar-refractivity contribution in [3.05, 3.63) is 29.8 Å². The Bertz CT molecular complexity index is 545. The Balaban J connectivity index is 2.02. The van der Waals surface area contributed by atoms with Gasteiger partial charge in [0.05, 0.1) is 0 Å². The van der Waals surface area contributed by atoms with Crippen LogP contribution < -0.4 is 10.6 Å². The van der Waals surface area contributed by atoms with Gasteiger partial charge >= 0.3 is 0 Å². The Morgan fingerprint density at radius 2 is 2.21 bits per heavy atom. The first-order valence-electron chi connectivity index (χ1n) is 6.36. The predicted octanol–water partition coefficient (Wildman–Crippen LogP) is 1.96. The second-order valence-electron chi connectivity index (χ2n) is 4.52. The molecule has 3 rings (SSSR count). The van der Waals surface area contributed by atoms with E-state index < -0.39 is 0 Å². The van der Waals surface area contributed by atoms with Crippen LogP contribution >= 0.6 is 11.8 Å². The summed E-state index contributed by atoms with van der Waals surface area (Å²) in [5.74, 6) is 0.877. The number of hydrazone groups is 1. The SMILES string of the molecule is CCSC1=NN2C(C)Nc3ccccc3C2C(=O)N1. The lowest BCUT2D eigenvalue weighted by Gasteiger charge is -2.42. The van der Waals surface area contributed by atoms with Gasteiger partial charge in [-0.25, -0.2) is 0 Å². The van der Waals surface area contributed by atoms with Crippen molar-refractivity contribution in [2.75, 3.05) is 11.1 Å². The first-order chi connectivity index (χ1) is 9.20. The number of carbonyl (C=O) groups is 1. The maximum absolute atomic E-state index is 12.3. The summed E-state index contributed by atoms with van der Waals surface area (Å²) in [7, 11) is 0. The molecule has 0 fully saturated rings. The predicted molar refractivity (Wildman–Crippen MR) is 77.8 cm³/mol. The Morgan fingerprint density at radius 3 is 3.00 bits per heavy atom. The third-order valence-corrected chi connectivity index (χ3v) is 3.99. The molecule has 0 aromatic heterocycles. The minimum Gasteiger partial charge on any atom is -0.364 e. The van der Waals surface area contributed by atoms with Crippen LogP contribution in [0.25, 0.3) is 0 Å². The van der Waals surface area contributed by atoms with Gasteiger partial charge < -0.3 is 10.6 Å². The van der Waals surface area contributed by atoms with E-state index in [4.69, 9.17) is 0 Å². The largest absolute Gasteiger partial charge is 0.364 e. The molecule has 0 saturated heterocycles. The average Bonchev–Trinajstić information content (AvgIpc) is 2.39. The summed E-state index contributed by atoms with van der Waals surface area (Å²) in [6.07, 6.45) is -0.00148. The molecule has 2 heterocycles. The lowest BCUT2D eigenvalue weighted by Crippen LogP contribution is -2.53. The van der Waals surface area contributed by atoms with Crippen molar-refractivity contribution in [1.29, 1.82) is 0 Å². The zero-order valence-corrected chi connectivity index (χ0v) is 11.7. The highest BCUT2D eigenvalue weighted by molar-refractivity contribution is 8.13. The highest BCUT2D eigenvalue weighted by Gasteiger charge is 2.39. The summed E-state index contributed by atoms with van der Waals surface area (Å²) < 4.78 is 0. The van der Waals surface area contributed by atoms with E-state index in [2.05, 4.69) is 15.7 Å². The zero-order valence-electron chi connectivity index (χ0n) is 10.9. The molecule has 0 bridgehead atoms. The summed E-state index contributed by atoms with van der Waals surface area (Å²) in [6, 6.07) is 7.54. The number of fused-ring (bicyclic) bond motifs is 3. The van der Waals surface area contributed by atoms with Crippen molar-refractivity contribution < 1.29 is 4.79 Å². The van der Waals surface area contributed by atoms with Gasteiger partial charge in [-0.05, 0) is 18.7 Å². The van der Waals surface area contributed by atoms with Gasteiger partial charge in [-0.3, -0.25) is 9.80 Å². The van der Waals surface area contributed by atoms with Crippen molar-refractivity contribution in [3.63, 3.8) is 0 Å². The number of amides is 1. The number of para-hydroxylation sites is 1. The Labute approximate surface area is 116 Å². The number of rotatable bonds is 1. The fraction of sp³-hybridized carbons (Fsp3) is 0.385. The molecule has 19 heavy (non-hydrogen) atoms. The minimum atomic E-state index is -0.339. The molecule has 1 aromatic rings. The zero-order chi connectivity index (χ0) is 13.4. The van der Waals surface area contributed by atoms with E-state index in [1.54, 1.807) is 11.8 Å². The third-order valence-electron chi connectivity index (χ3n) is 3.25. The number of thioether (sulfide) groups is 1. The van der Waals surface area contributed by atoms with E-state index in [1.165, 1.54) is 0 Å². The van der Waals surface area contributed by atoms with Gasteiger partial charge in [-0.1, -0.05) is 36.9 Å². The number of hydrogen-bond donors (Lipinski definition) is 2. The second kappa shape index (κ2) is 4.77. The highest BCUT2D eigenvalue weighted by atomic mass is 32.2. The standard InChI is InChI=1S/C13H16N4OS/c1-3-19-13-15-12(18)11-9-6-4-5-7-10(9)14-8(2)17(11)16-13/h4-8,11,14H,3H2,1-2H3,(H,15,16,18). The summed E-state index contributed by atoms with van der Waals surface area (Å²) in [6.45, 7) is 4.05. The maximum Gasteiger partial charge on any atom is 0.255 e. The Kier molecular flexibility index (Phi) is 3.10. The van der Waals surface area contributed by atoms with Crippen LogP contribution in [0.5, 0.6) is 0 Å². The molecular formula is C13H16N4OS. The molecule has 1 aromatic carbocycles. The highest BCUT2D eigenvalue weighted by Crippen LogP contribution is 2.36. The van der Waals surface area contributed by atoms with E-state index >= 15 is 0 Å². The smallest absolute Gasteiger partial charge is 0.255 e. The van der Waals surface area contributed by atoms with Crippen LogP contribution in [0.2, 0.25) is 0 Å². The van der Waals surface area contributed by atoms with Crippen molar-refractivity contribution in [1.82, 2.24) is 10.3 Å². The van der Waals surface area contributed by atoms with Gasteiger partial charge in [0.1, 0.15) is 6.17 Å². The van der Waals surface area contributed by atoms with Crippen LogP contribution in [0.3, 0.4) is 0 Å². The van der Waals surface area contributed by atoms with Gasteiger partial charge in [-0.2, -0.15) is 0 Å². The molecule has 2 aliphatic rings. The lowest BCUT2D eigenvalue weighted by atomic mass is 10.00. The van der Waals surface area contributed by atoms with E-state index in [0.29, 0.717) is 5.17 Å². The van der Waals surface area contributed by atoms with E-state index in [9.17, 15) is 4.79 Å². The molecule has 1 amide bonds. The minimum absolute atomic E-state index is 0.00148. The van der Waals surface area contributed by atoms with E-state index in [0.717, 1.165) is 17.0 Å². The molecule has 0 aliphatic carbocycles. The quantitative estimate of drug-likeness (QED) is 0.823. The normalized spacial score (nSPS) is 24.8.